The Labute approximate surface area is 125 Å². The molecule has 2 amide bonds. The molecule has 1 aromatic carbocycles. The minimum absolute atomic E-state index is 0.00908. The second-order valence-electron chi connectivity index (χ2n) is 5.23. The largest absolute Gasteiger partial charge is 0.376 e. The minimum atomic E-state index is -0.159. The maximum atomic E-state index is 11.8. The molecule has 0 aliphatic carbocycles. The second kappa shape index (κ2) is 7.67. The van der Waals surface area contributed by atoms with Gasteiger partial charge in [-0.2, -0.15) is 0 Å². The van der Waals surface area contributed by atoms with Crippen molar-refractivity contribution in [3.8, 4) is 0 Å². The van der Waals surface area contributed by atoms with Crippen molar-refractivity contribution in [3.05, 3.63) is 29.8 Å². The van der Waals surface area contributed by atoms with Crippen LogP contribution in [0.15, 0.2) is 24.3 Å². The summed E-state index contributed by atoms with van der Waals surface area (Å²) in [4.78, 5) is 25.4. The zero-order valence-electron chi connectivity index (χ0n) is 12.5. The van der Waals surface area contributed by atoms with Gasteiger partial charge in [0.15, 0.2) is 0 Å². The van der Waals surface area contributed by atoms with Crippen LogP contribution >= 0.6 is 0 Å². The Balaban J connectivity index is 1.73. The van der Waals surface area contributed by atoms with Gasteiger partial charge in [0.1, 0.15) is 0 Å². The molecule has 1 fully saturated rings. The lowest BCUT2D eigenvalue weighted by atomic mass is 10.1. The average Bonchev–Trinajstić information content (AvgIpc) is 3.05. The molecule has 0 bridgehead atoms. The van der Waals surface area contributed by atoms with Crippen LogP contribution in [0.4, 0.5) is 5.69 Å². The summed E-state index contributed by atoms with van der Waals surface area (Å²) in [7, 11) is 0. The second-order valence-corrected chi connectivity index (χ2v) is 5.23. The molecule has 2 N–H and O–H groups in total. The van der Waals surface area contributed by atoms with Crippen LogP contribution in [0.3, 0.4) is 0 Å². The first-order valence-corrected chi connectivity index (χ1v) is 7.57. The van der Waals surface area contributed by atoms with E-state index in [-0.39, 0.29) is 24.9 Å². The number of carbonyl (C=O) groups excluding carboxylic acids is 2. The third-order valence-electron chi connectivity index (χ3n) is 3.73. The highest BCUT2D eigenvalue weighted by atomic mass is 16.2. The molecule has 1 heterocycles. The lowest BCUT2D eigenvalue weighted by molar-refractivity contribution is -0.131. The van der Waals surface area contributed by atoms with Crippen molar-refractivity contribution in [2.45, 2.75) is 26.2 Å². The monoisotopic (exact) mass is 289 g/mol. The van der Waals surface area contributed by atoms with Crippen molar-refractivity contribution >= 4 is 17.5 Å². The molecular weight excluding hydrogens is 266 g/mol. The van der Waals surface area contributed by atoms with E-state index in [1.54, 1.807) is 4.90 Å². The van der Waals surface area contributed by atoms with E-state index in [1.807, 2.05) is 24.3 Å². The van der Waals surface area contributed by atoms with E-state index >= 15 is 0 Å². The van der Waals surface area contributed by atoms with Crippen molar-refractivity contribution in [1.82, 2.24) is 10.2 Å². The van der Waals surface area contributed by atoms with Crippen LogP contribution < -0.4 is 10.6 Å². The number of likely N-dealkylation sites (tertiary alicyclic amines) is 1. The van der Waals surface area contributed by atoms with Gasteiger partial charge in [0.05, 0.1) is 13.1 Å². The van der Waals surface area contributed by atoms with Crippen molar-refractivity contribution in [1.29, 1.82) is 0 Å². The molecule has 0 aromatic heterocycles. The normalized spacial score (nSPS) is 14.0. The summed E-state index contributed by atoms with van der Waals surface area (Å²) in [6, 6.07) is 7.92. The highest BCUT2D eigenvalue weighted by Gasteiger charge is 2.17. The average molecular weight is 289 g/mol. The fourth-order valence-corrected chi connectivity index (χ4v) is 2.49. The number of rotatable bonds is 6. The molecule has 1 saturated heterocycles. The first-order chi connectivity index (χ1) is 10.2. The standard InChI is InChI=1S/C16H23N3O2/c1-2-13-7-3-4-8-14(13)17-11-15(20)18-12-16(21)19-9-5-6-10-19/h3-4,7-8,17H,2,5-6,9-12H2,1H3,(H,18,20). The number of aryl methyl sites for hydroxylation is 1. The first kappa shape index (κ1) is 15.4. The SMILES string of the molecule is CCc1ccccc1NCC(=O)NCC(=O)N1CCCC1. The van der Waals surface area contributed by atoms with Crippen LogP contribution in [-0.2, 0) is 16.0 Å². The van der Waals surface area contributed by atoms with Crippen LogP contribution in [0.5, 0.6) is 0 Å². The zero-order valence-corrected chi connectivity index (χ0v) is 12.5. The van der Waals surface area contributed by atoms with Gasteiger partial charge in [-0.1, -0.05) is 25.1 Å². The van der Waals surface area contributed by atoms with E-state index in [1.165, 1.54) is 5.56 Å². The summed E-state index contributed by atoms with van der Waals surface area (Å²) in [5.41, 5.74) is 2.15. The van der Waals surface area contributed by atoms with Gasteiger partial charge >= 0.3 is 0 Å². The Bertz CT molecular complexity index is 496. The molecule has 114 valence electrons. The minimum Gasteiger partial charge on any atom is -0.376 e. The fraction of sp³-hybridized carbons (Fsp3) is 0.500. The number of anilines is 1. The quantitative estimate of drug-likeness (QED) is 0.832. The summed E-state index contributed by atoms with van der Waals surface area (Å²) in [6.45, 7) is 3.99. The van der Waals surface area contributed by atoms with Crippen LogP contribution in [0.25, 0.3) is 0 Å². The van der Waals surface area contributed by atoms with E-state index in [0.717, 1.165) is 38.0 Å². The molecule has 0 radical (unpaired) electrons. The topological polar surface area (TPSA) is 61.4 Å². The molecule has 0 atom stereocenters. The highest BCUT2D eigenvalue weighted by Crippen LogP contribution is 2.14. The maximum Gasteiger partial charge on any atom is 0.241 e. The first-order valence-electron chi connectivity index (χ1n) is 7.57. The molecule has 1 aliphatic rings. The Kier molecular flexibility index (Phi) is 5.60. The van der Waals surface area contributed by atoms with E-state index in [2.05, 4.69) is 17.6 Å². The molecule has 0 unspecified atom stereocenters. The van der Waals surface area contributed by atoms with Gasteiger partial charge < -0.3 is 15.5 Å². The summed E-state index contributed by atoms with van der Waals surface area (Å²) >= 11 is 0. The summed E-state index contributed by atoms with van der Waals surface area (Å²) < 4.78 is 0. The molecule has 1 aromatic rings. The number of nitrogens with zero attached hydrogens (tertiary/aromatic N) is 1. The van der Waals surface area contributed by atoms with E-state index in [0.29, 0.717) is 0 Å². The van der Waals surface area contributed by atoms with E-state index in [9.17, 15) is 9.59 Å². The Hall–Kier alpha value is -2.04. The number of nitrogens with one attached hydrogen (secondary N) is 2. The molecule has 21 heavy (non-hydrogen) atoms. The van der Waals surface area contributed by atoms with Gasteiger partial charge in [-0.25, -0.2) is 0 Å². The van der Waals surface area contributed by atoms with Gasteiger partial charge in [-0.15, -0.1) is 0 Å². The molecular formula is C16H23N3O2. The lowest BCUT2D eigenvalue weighted by Crippen LogP contribution is -2.40. The van der Waals surface area contributed by atoms with E-state index in [4.69, 9.17) is 0 Å². The zero-order chi connectivity index (χ0) is 15.1. The lowest BCUT2D eigenvalue weighted by Gasteiger charge is -2.16. The number of para-hydroxylation sites is 1. The fourth-order valence-electron chi connectivity index (χ4n) is 2.49. The van der Waals surface area contributed by atoms with Crippen molar-refractivity contribution < 1.29 is 9.59 Å². The van der Waals surface area contributed by atoms with Gasteiger partial charge in [0, 0.05) is 18.8 Å². The van der Waals surface area contributed by atoms with Crippen LogP contribution in [0, 0.1) is 0 Å². The number of benzene rings is 1. The molecule has 5 heteroatoms. The van der Waals surface area contributed by atoms with Crippen LogP contribution in [0.1, 0.15) is 25.3 Å². The third kappa shape index (κ3) is 4.48. The summed E-state index contributed by atoms with van der Waals surface area (Å²) in [6.07, 6.45) is 3.04. The number of hydrogen-bond acceptors (Lipinski definition) is 3. The predicted molar refractivity (Wildman–Crippen MR) is 83.1 cm³/mol. The van der Waals surface area contributed by atoms with Crippen molar-refractivity contribution in [2.24, 2.45) is 0 Å². The highest BCUT2D eigenvalue weighted by molar-refractivity contribution is 5.87. The van der Waals surface area contributed by atoms with Crippen LogP contribution in [0.2, 0.25) is 0 Å². The smallest absolute Gasteiger partial charge is 0.241 e. The van der Waals surface area contributed by atoms with Gasteiger partial charge in [0.2, 0.25) is 11.8 Å². The van der Waals surface area contributed by atoms with E-state index < -0.39 is 0 Å². The Morgan fingerprint density at radius 2 is 1.86 bits per heavy atom. The van der Waals surface area contributed by atoms with Gasteiger partial charge in [-0.05, 0) is 30.9 Å². The van der Waals surface area contributed by atoms with Gasteiger partial charge in [-0.3, -0.25) is 9.59 Å². The maximum absolute atomic E-state index is 11.8. The van der Waals surface area contributed by atoms with Gasteiger partial charge in [0.25, 0.3) is 0 Å². The molecule has 1 aliphatic heterocycles. The third-order valence-corrected chi connectivity index (χ3v) is 3.73. The molecule has 5 nitrogen and oxygen atoms in total. The Morgan fingerprint density at radius 1 is 1.14 bits per heavy atom. The molecule has 0 spiro atoms. The predicted octanol–water partition coefficient (Wildman–Crippen LogP) is 1.40. The Morgan fingerprint density at radius 3 is 2.57 bits per heavy atom. The molecule has 2 rings (SSSR count). The van der Waals surface area contributed by atoms with Crippen molar-refractivity contribution in [3.63, 3.8) is 0 Å². The number of amides is 2. The van der Waals surface area contributed by atoms with Crippen molar-refractivity contribution in [2.75, 3.05) is 31.5 Å². The summed E-state index contributed by atoms with van der Waals surface area (Å²) in [5, 5.41) is 5.79. The summed E-state index contributed by atoms with van der Waals surface area (Å²) in [5.74, 6) is -0.150. The number of carbonyl (C=O) groups is 2. The molecule has 0 saturated carbocycles. The number of hydrogen-bond donors (Lipinski definition) is 2. The van der Waals surface area contributed by atoms with Crippen LogP contribution in [-0.4, -0.2) is 42.9 Å².